The first-order valence-corrected chi connectivity index (χ1v) is 7.02. The molecule has 2 N–H and O–H groups in total. The monoisotopic (exact) mass is 312 g/mol. The number of hydrogen-bond acceptors (Lipinski definition) is 5. The highest BCUT2D eigenvalue weighted by molar-refractivity contribution is 5.91. The molecule has 2 aromatic carbocycles. The highest BCUT2D eigenvalue weighted by Gasteiger charge is 2.03. The Labute approximate surface area is 133 Å². The predicted molar refractivity (Wildman–Crippen MR) is 89.5 cm³/mol. The molecule has 0 aromatic heterocycles. The number of nitrogens with zero attached hydrogens (tertiary/aromatic N) is 2. The minimum atomic E-state index is -0.460. The van der Waals surface area contributed by atoms with Crippen LogP contribution >= 0.6 is 0 Å². The summed E-state index contributed by atoms with van der Waals surface area (Å²) >= 11 is 0. The van der Waals surface area contributed by atoms with Crippen LogP contribution in [0.3, 0.4) is 0 Å². The maximum Gasteiger partial charge on any atom is 0.269 e. The van der Waals surface area contributed by atoms with Crippen molar-refractivity contribution in [2.45, 2.75) is 12.8 Å². The second-order valence-corrected chi connectivity index (χ2v) is 4.68. The topological polar surface area (TPSA) is 96.6 Å². The van der Waals surface area contributed by atoms with Gasteiger partial charge in [-0.1, -0.05) is 18.2 Å². The van der Waals surface area contributed by atoms with Gasteiger partial charge in [0.05, 0.1) is 10.6 Å². The molecule has 0 saturated heterocycles. The quantitative estimate of drug-likeness (QED) is 0.465. The molecular formula is C16H16N4O3. The number of hydrazone groups is 1. The number of hydrogen-bond donors (Lipinski definition) is 2. The molecule has 0 atom stereocenters. The van der Waals surface area contributed by atoms with E-state index in [0.717, 1.165) is 5.69 Å². The molecule has 0 saturated carbocycles. The molecule has 23 heavy (non-hydrogen) atoms. The SMILES string of the molecule is O=C(CC/C=N/Nc1ccc([N+](=O)[O-])cc1)Nc1ccccc1. The van der Waals surface area contributed by atoms with Crippen molar-refractivity contribution in [3.05, 3.63) is 64.7 Å². The van der Waals surface area contributed by atoms with E-state index in [1.165, 1.54) is 12.1 Å². The van der Waals surface area contributed by atoms with Gasteiger partial charge in [0.2, 0.25) is 5.91 Å². The van der Waals surface area contributed by atoms with E-state index in [1.54, 1.807) is 18.3 Å². The van der Waals surface area contributed by atoms with E-state index in [2.05, 4.69) is 15.8 Å². The summed E-state index contributed by atoms with van der Waals surface area (Å²) in [7, 11) is 0. The summed E-state index contributed by atoms with van der Waals surface area (Å²) in [6.07, 6.45) is 2.39. The lowest BCUT2D eigenvalue weighted by Crippen LogP contribution is -2.11. The molecule has 0 spiro atoms. The van der Waals surface area contributed by atoms with Crippen LogP contribution in [0.5, 0.6) is 0 Å². The van der Waals surface area contributed by atoms with Crippen LogP contribution in [0.1, 0.15) is 12.8 Å². The molecule has 2 aromatic rings. The number of benzene rings is 2. The Morgan fingerprint density at radius 1 is 1.09 bits per heavy atom. The number of carbonyl (C=O) groups excluding carboxylic acids is 1. The number of anilines is 2. The number of amides is 1. The third-order valence-electron chi connectivity index (χ3n) is 2.92. The van der Waals surface area contributed by atoms with Gasteiger partial charge in [0.1, 0.15) is 0 Å². The van der Waals surface area contributed by atoms with Gasteiger partial charge in [-0.05, 0) is 30.7 Å². The van der Waals surface area contributed by atoms with Crippen LogP contribution in [0.25, 0.3) is 0 Å². The first kappa shape index (κ1) is 16.2. The second kappa shape index (κ2) is 8.28. The van der Waals surface area contributed by atoms with Crippen LogP contribution in [0, 0.1) is 10.1 Å². The Hall–Kier alpha value is -3.22. The number of carbonyl (C=O) groups is 1. The number of para-hydroxylation sites is 1. The van der Waals surface area contributed by atoms with Gasteiger partial charge in [-0.15, -0.1) is 0 Å². The Morgan fingerprint density at radius 3 is 2.43 bits per heavy atom. The summed E-state index contributed by atoms with van der Waals surface area (Å²) in [6.45, 7) is 0. The minimum absolute atomic E-state index is 0.0251. The maximum absolute atomic E-state index is 11.7. The third kappa shape index (κ3) is 5.58. The van der Waals surface area contributed by atoms with E-state index in [9.17, 15) is 14.9 Å². The fourth-order valence-corrected chi connectivity index (χ4v) is 1.78. The Balaban J connectivity index is 1.70. The largest absolute Gasteiger partial charge is 0.326 e. The number of rotatable bonds is 7. The standard InChI is InChI=1S/C16H16N4O3/c21-16(18-13-5-2-1-3-6-13)7-4-12-17-19-14-8-10-15(11-9-14)20(22)23/h1-3,5-6,8-12,19H,4,7H2,(H,18,21)/b17-12+. The van der Waals surface area contributed by atoms with Crippen LogP contribution in [0.2, 0.25) is 0 Å². The smallest absolute Gasteiger partial charge is 0.269 e. The second-order valence-electron chi connectivity index (χ2n) is 4.68. The zero-order valence-corrected chi connectivity index (χ0v) is 12.3. The van der Waals surface area contributed by atoms with E-state index >= 15 is 0 Å². The van der Waals surface area contributed by atoms with E-state index in [4.69, 9.17) is 0 Å². The predicted octanol–water partition coefficient (Wildman–Crippen LogP) is 3.41. The Kier molecular flexibility index (Phi) is 5.81. The summed E-state index contributed by atoms with van der Waals surface area (Å²) in [5.41, 5.74) is 4.18. The summed E-state index contributed by atoms with van der Waals surface area (Å²) in [5, 5.41) is 17.3. The van der Waals surface area contributed by atoms with Crippen molar-refractivity contribution in [2.24, 2.45) is 5.10 Å². The highest BCUT2D eigenvalue weighted by Crippen LogP contribution is 2.15. The van der Waals surface area contributed by atoms with E-state index < -0.39 is 4.92 Å². The van der Waals surface area contributed by atoms with Gasteiger partial charge in [0.25, 0.3) is 5.69 Å². The zero-order valence-electron chi connectivity index (χ0n) is 12.3. The number of nitrogens with one attached hydrogen (secondary N) is 2. The van der Waals surface area contributed by atoms with E-state index in [-0.39, 0.29) is 11.6 Å². The van der Waals surface area contributed by atoms with Crippen molar-refractivity contribution in [3.8, 4) is 0 Å². The molecule has 118 valence electrons. The molecule has 0 radical (unpaired) electrons. The van der Waals surface area contributed by atoms with Gasteiger partial charge in [-0.25, -0.2) is 0 Å². The van der Waals surface area contributed by atoms with E-state index in [0.29, 0.717) is 18.5 Å². The lowest BCUT2D eigenvalue weighted by atomic mass is 10.3. The molecule has 0 aliphatic rings. The molecule has 0 aliphatic heterocycles. The van der Waals surface area contributed by atoms with Gasteiger partial charge in [0, 0.05) is 30.5 Å². The van der Waals surface area contributed by atoms with Crippen molar-refractivity contribution in [2.75, 3.05) is 10.7 Å². The molecule has 0 bridgehead atoms. The molecule has 0 aliphatic carbocycles. The molecule has 0 fully saturated rings. The number of nitro groups is 1. The molecule has 0 unspecified atom stereocenters. The normalized spacial score (nSPS) is 10.4. The fourth-order valence-electron chi connectivity index (χ4n) is 1.78. The highest BCUT2D eigenvalue weighted by atomic mass is 16.6. The van der Waals surface area contributed by atoms with Crippen LogP contribution < -0.4 is 10.7 Å². The van der Waals surface area contributed by atoms with Gasteiger partial charge in [-0.3, -0.25) is 20.3 Å². The summed E-state index contributed by atoms with van der Waals surface area (Å²) in [5.74, 6) is -0.0852. The van der Waals surface area contributed by atoms with Crippen LogP contribution in [-0.2, 0) is 4.79 Å². The molecule has 0 heterocycles. The third-order valence-corrected chi connectivity index (χ3v) is 2.92. The Bertz CT molecular complexity index is 684. The molecule has 1 amide bonds. The summed E-state index contributed by atoms with van der Waals surface area (Å²) in [4.78, 5) is 21.8. The zero-order chi connectivity index (χ0) is 16.5. The van der Waals surface area contributed by atoms with Crippen LogP contribution in [0.15, 0.2) is 59.7 Å². The van der Waals surface area contributed by atoms with Crippen molar-refractivity contribution >= 4 is 29.2 Å². The summed E-state index contributed by atoms with van der Waals surface area (Å²) < 4.78 is 0. The van der Waals surface area contributed by atoms with Crippen LogP contribution in [0.4, 0.5) is 17.1 Å². The van der Waals surface area contributed by atoms with E-state index in [1.807, 2.05) is 30.3 Å². The van der Waals surface area contributed by atoms with Crippen molar-refractivity contribution in [1.82, 2.24) is 0 Å². The minimum Gasteiger partial charge on any atom is -0.326 e. The molecular weight excluding hydrogens is 296 g/mol. The molecule has 2 rings (SSSR count). The van der Waals surface area contributed by atoms with Crippen molar-refractivity contribution < 1.29 is 9.72 Å². The van der Waals surface area contributed by atoms with Gasteiger partial charge >= 0.3 is 0 Å². The van der Waals surface area contributed by atoms with Gasteiger partial charge in [-0.2, -0.15) is 5.10 Å². The summed E-state index contributed by atoms with van der Waals surface area (Å²) in [6, 6.07) is 15.2. The first-order chi connectivity index (χ1) is 11.1. The van der Waals surface area contributed by atoms with Crippen LogP contribution in [-0.4, -0.2) is 17.0 Å². The van der Waals surface area contributed by atoms with Gasteiger partial charge < -0.3 is 5.32 Å². The molecule has 7 heteroatoms. The lowest BCUT2D eigenvalue weighted by Gasteiger charge is -2.03. The Morgan fingerprint density at radius 2 is 1.78 bits per heavy atom. The molecule has 7 nitrogen and oxygen atoms in total. The average molecular weight is 312 g/mol. The number of non-ortho nitro benzene ring substituents is 1. The van der Waals surface area contributed by atoms with Crippen molar-refractivity contribution in [1.29, 1.82) is 0 Å². The lowest BCUT2D eigenvalue weighted by molar-refractivity contribution is -0.384. The average Bonchev–Trinajstić information content (AvgIpc) is 2.56. The van der Waals surface area contributed by atoms with Crippen molar-refractivity contribution in [3.63, 3.8) is 0 Å². The first-order valence-electron chi connectivity index (χ1n) is 7.02. The fraction of sp³-hybridized carbons (Fsp3) is 0.125. The maximum atomic E-state index is 11.7. The number of nitro benzene ring substituents is 1. The van der Waals surface area contributed by atoms with Gasteiger partial charge in [0.15, 0.2) is 0 Å².